The van der Waals surface area contributed by atoms with Gasteiger partial charge in [0.25, 0.3) is 0 Å². The molecule has 2 rings (SSSR count). The van der Waals surface area contributed by atoms with Crippen LogP contribution in [0.25, 0.3) is 0 Å². The molecule has 0 aromatic heterocycles. The van der Waals surface area contributed by atoms with Gasteiger partial charge in [-0.3, -0.25) is 10.1 Å². The number of hydrogen-bond acceptors (Lipinski definition) is 3. The monoisotopic (exact) mass is 277 g/mol. The summed E-state index contributed by atoms with van der Waals surface area (Å²) in [7, 11) is 0. The number of halogens is 1. The third kappa shape index (κ3) is 2.85. The van der Waals surface area contributed by atoms with Crippen molar-refractivity contribution in [2.45, 2.75) is 13.8 Å². The first-order chi connectivity index (χ1) is 8.99. The molecule has 0 atom stereocenters. The smallest absolute Gasteiger partial charge is 0.313 e. The van der Waals surface area contributed by atoms with Crippen LogP contribution in [-0.4, -0.2) is 4.92 Å². The van der Waals surface area contributed by atoms with E-state index in [9.17, 15) is 10.1 Å². The number of benzene rings is 2. The second-order valence-corrected chi connectivity index (χ2v) is 4.62. The van der Waals surface area contributed by atoms with Gasteiger partial charge in [0.15, 0.2) is 0 Å². The van der Waals surface area contributed by atoms with Gasteiger partial charge in [-0.1, -0.05) is 29.8 Å². The van der Waals surface area contributed by atoms with Crippen molar-refractivity contribution in [3.05, 3.63) is 62.7 Å². The normalized spacial score (nSPS) is 10.3. The van der Waals surface area contributed by atoms with E-state index in [4.69, 9.17) is 16.3 Å². The molecule has 0 aliphatic carbocycles. The summed E-state index contributed by atoms with van der Waals surface area (Å²) in [4.78, 5) is 10.5. The van der Waals surface area contributed by atoms with E-state index in [1.807, 2.05) is 32.0 Å². The standard InChI is InChI=1S/C14H12ClNO3/c1-9-6-7-10(2)13(8-9)19-14-11(15)4-3-5-12(14)16(17)18/h3-8H,1-2H3. The van der Waals surface area contributed by atoms with Crippen molar-refractivity contribution in [2.75, 3.05) is 0 Å². The average Bonchev–Trinajstić information content (AvgIpc) is 2.35. The molecule has 5 heteroatoms. The number of ether oxygens (including phenoxy) is 1. The molecule has 0 N–H and O–H groups in total. The van der Waals surface area contributed by atoms with E-state index in [0.717, 1.165) is 11.1 Å². The lowest BCUT2D eigenvalue weighted by atomic mass is 10.1. The summed E-state index contributed by atoms with van der Waals surface area (Å²) in [6.45, 7) is 3.80. The van der Waals surface area contributed by atoms with Crippen LogP contribution >= 0.6 is 11.6 Å². The Bertz CT molecular complexity index is 641. The fourth-order valence-electron chi connectivity index (χ4n) is 1.67. The molecule has 2 aromatic rings. The third-order valence-corrected chi connectivity index (χ3v) is 3.00. The molecule has 0 unspecified atom stereocenters. The van der Waals surface area contributed by atoms with E-state index in [2.05, 4.69) is 0 Å². The van der Waals surface area contributed by atoms with Crippen molar-refractivity contribution in [1.82, 2.24) is 0 Å². The highest BCUT2D eigenvalue weighted by Gasteiger charge is 2.19. The van der Waals surface area contributed by atoms with Crippen LogP contribution in [-0.2, 0) is 0 Å². The number of rotatable bonds is 3. The number of nitro benzene ring substituents is 1. The van der Waals surface area contributed by atoms with Crippen molar-refractivity contribution < 1.29 is 9.66 Å². The second-order valence-electron chi connectivity index (χ2n) is 4.22. The number of hydrogen-bond donors (Lipinski definition) is 0. The first kappa shape index (κ1) is 13.4. The molecule has 0 heterocycles. The summed E-state index contributed by atoms with van der Waals surface area (Å²) in [5.41, 5.74) is 1.75. The zero-order chi connectivity index (χ0) is 14.0. The maximum Gasteiger partial charge on any atom is 0.313 e. The Kier molecular flexibility index (Phi) is 3.71. The van der Waals surface area contributed by atoms with Gasteiger partial charge in [-0.2, -0.15) is 0 Å². The predicted molar refractivity (Wildman–Crippen MR) is 74.1 cm³/mol. The van der Waals surface area contributed by atoms with Gasteiger partial charge in [0.1, 0.15) is 5.75 Å². The summed E-state index contributed by atoms with van der Waals surface area (Å²) in [6, 6.07) is 10.1. The summed E-state index contributed by atoms with van der Waals surface area (Å²) < 4.78 is 5.64. The molecule has 0 fully saturated rings. The molecule has 0 saturated heterocycles. The van der Waals surface area contributed by atoms with Gasteiger partial charge in [-0.15, -0.1) is 0 Å². The molecule has 0 amide bonds. The molecular formula is C14H12ClNO3. The SMILES string of the molecule is Cc1ccc(C)c(Oc2c(Cl)cccc2[N+](=O)[O-])c1. The lowest BCUT2D eigenvalue weighted by Crippen LogP contribution is -1.95. The summed E-state index contributed by atoms with van der Waals surface area (Å²) in [6.07, 6.45) is 0. The van der Waals surface area contributed by atoms with Gasteiger partial charge in [-0.25, -0.2) is 0 Å². The van der Waals surface area contributed by atoms with E-state index in [0.29, 0.717) is 5.75 Å². The zero-order valence-electron chi connectivity index (χ0n) is 10.5. The van der Waals surface area contributed by atoms with Gasteiger partial charge in [0.2, 0.25) is 5.75 Å². The molecule has 0 radical (unpaired) electrons. The van der Waals surface area contributed by atoms with E-state index < -0.39 is 4.92 Å². The Balaban J connectivity index is 2.49. The minimum absolute atomic E-state index is 0.0721. The maximum absolute atomic E-state index is 11.0. The van der Waals surface area contributed by atoms with Crippen LogP contribution < -0.4 is 4.74 Å². The Morgan fingerprint density at radius 1 is 1.21 bits per heavy atom. The number of para-hydroxylation sites is 1. The van der Waals surface area contributed by atoms with E-state index in [1.54, 1.807) is 6.07 Å². The summed E-state index contributed by atoms with van der Waals surface area (Å²) in [5, 5.41) is 11.2. The van der Waals surface area contributed by atoms with Crippen LogP contribution in [0, 0.1) is 24.0 Å². The van der Waals surface area contributed by atoms with Crippen molar-refractivity contribution >= 4 is 17.3 Å². The van der Waals surface area contributed by atoms with Gasteiger partial charge < -0.3 is 4.74 Å². The highest BCUT2D eigenvalue weighted by atomic mass is 35.5. The highest BCUT2D eigenvalue weighted by molar-refractivity contribution is 6.32. The summed E-state index contributed by atoms with van der Waals surface area (Å²) >= 11 is 5.99. The molecule has 0 aliphatic rings. The Morgan fingerprint density at radius 3 is 2.63 bits per heavy atom. The Morgan fingerprint density at radius 2 is 1.95 bits per heavy atom. The molecule has 0 spiro atoms. The van der Waals surface area contributed by atoms with Gasteiger partial charge in [0, 0.05) is 6.07 Å². The predicted octanol–water partition coefficient (Wildman–Crippen LogP) is 4.66. The van der Waals surface area contributed by atoms with E-state index >= 15 is 0 Å². The van der Waals surface area contributed by atoms with Gasteiger partial charge in [0.05, 0.1) is 9.95 Å². The van der Waals surface area contributed by atoms with Crippen LogP contribution in [0.1, 0.15) is 11.1 Å². The fourth-order valence-corrected chi connectivity index (χ4v) is 1.88. The quantitative estimate of drug-likeness (QED) is 0.606. The van der Waals surface area contributed by atoms with Crippen LogP contribution in [0.15, 0.2) is 36.4 Å². The minimum atomic E-state index is -0.508. The first-order valence-electron chi connectivity index (χ1n) is 5.67. The molecule has 0 saturated carbocycles. The van der Waals surface area contributed by atoms with Crippen LogP contribution in [0.4, 0.5) is 5.69 Å². The number of nitro groups is 1. The summed E-state index contributed by atoms with van der Waals surface area (Å²) in [5.74, 6) is 0.638. The van der Waals surface area contributed by atoms with Crippen molar-refractivity contribution in [1.29, 1.82) is 0 Å². The topological polar surface area (TPSA) is 52.4 Å². The molecule has 0 aliphatic heterocycles. The maximum atomic E-state index is 11.0. The molecule has 4 nitrogen and oxygen atoms in total. The molecule has 98 valence electrons. The molecule has 0 bridgehead atoms. The van der Waals surface area contributed by atoms with Crippen LogP contribution in [0.5, 0.6) is 11.5 Å². The lowest BCUT2D eigenvalue weighted by molar-refractivity contribution is -0.385. The number of aryl methyl sites for hydroxylation is 2. The van der Waals surface area contributed by atoms with E-state index in [1.165, 1.54) is 12.1 Å². The van der Waals surface area contributed by atoms with E-state index in [-0.39, 0.29) is 16.5 Å². The third-order valence-electron chi connectivity index (χ3n) is 2.70. The molecular weight excluding hydrogens is 266 g/mol. The Hall–Kier alpha value is -2.07. The molecule has 19 heavy (non-hydrogen) atoms. The fraction of sp³-hybridized carbons (Fsp3) is 0.143. The first-order valence-corrected chi connectivity index (χ1v) is 6.05. The van der Waals surface area contributed by atoms with Gasteiger partial charge in [-0.05, 0) is 37.1 Å². The average molecular weight is 278 g/mol. The van der Waals surface area contributed by atoms with Gasteiger partial charge >= 0.3 is 5.69 Å². The highest BCUT2D eigenvalue weighted by Crippen LogP contribution is 2.38. The largest absolute Gasteiger partial charge is 0.448 e. The lowest BCUT2D eigenvalue weighted by Gasteiger charge is -2.11. The van der Waals surface area contributed by atoms with Crippen LogP contribution in [0.2, 0.25) is 5.02 Å². The minimum Gasteiger partial charge on any atom is -0.448 e. The molecule has 2 aromatic carbocycles. The van der Waals surface area contributed by atoms with Crippen molar-refractivity contribution in [3.63, 3.8) is 0 Å². The zero-order valence-corrected chi connectivity index (χ0v) is 11.3. The van der Waals surface area contributed by atoms with Crippen molar-refractivity contribution in [2.24, 2.45) is 0 Å². The Labute approximate surface area is 115 Å². The number of nitrogens with zero attached hydrogens (tertiary/aromatic N) is 1. The second kappa shape index (κ2) is 5.28. The van der Waals surface area contributed by atoms with Crippen molar-refractivity contribution in [3.8, 4) is 11.5 Å². The van der Waals surface area contributed by atoms with Crippen LogP contribution in [0.3, 0.4) is 0 Å².